The predicted octanol–water partition coefficient (Wildman–Crippen LogP) is 0.981. The number of hydrogen-bond acceptors (Lipinski definition) is 6. The van der Waals surface area contributed by atoms with Crippen molar-refractivity contribution in [1.29, 1.82) is 0 Å². The van der Waals surface area contributed by atoms with Gasteiger partial charge in [-0.2, -0.15) is 0 Å². The summed E-state index contributed by atoms with van der Waals surface area (Å²) >= 11 is 0. The van der Waals surface area contributed by atoms with E-state index in [1.807, 2.05) is 0 Å². The van der Waals surface area contributed by atoms with Crippen molar-refractivity contribution in [3.8, 4) is 0 Å². The molecule has 126 valence electrons. The molecule has 1 aromatic carbocycles. The van der Waals surface area contributed by atoms with E-state index in [2.05, 4.69) is 5.32 Å². The summed E-state index contributed by atoms with van der Waals surface area (Å²) < 4.78 is 23.2. The van der Waals surface area contributed by atoms with Gasteiger partial charge in [-0.1, -0.05) is 6.92 Å². The molecule has 1 unspecified atom stereocenters. The number of benzene rings is 1. The second-order valence-corrected chi connectivity index (χ2v) is 7.21. The van der Waals surface area contributed by atoms with Crippen LogP contribution in [0.3, 0.4) is 0 Å². The molecule has 0 bridgehead atoms. The van der Waals surface area contributed by atoms with Crippen LogP contribution in [-0.4, -0.2) is 42.1 Å². The lowest BCUT2D eigenvalue weighted by molar-refractivity contribution is -0.385. The van der Waals surface area contributed by atoms with Crippen LogP contribution in [0.4, 0.5) is 5.69 Å². The van der Waals surface area contributed by atoms with E-state index in [1.54, 1.807) is 6.92 Å². The predicted molar refractivity (Wildman–Crippen MR) is 80.0 cm³/mol. The van der Waals surface area contributed by atoms with Crippen LogP contribution in [0.25, 0.3) is 0 Å². The first-order valence-corrected chi connectivity index (χ1v) is 8.35. The number of rotatable bonds is 6. The number of non-ortho nitro benzene ring substituents is 1. The van der Waals surface area contributed by atoms with Gasteiger partial charge in [-0.15, -0.1) is 0 Å². The quantitative estimate of drug-likeness (QED) is 0.578. The summed E-state index contributed by atoms with van der Waals surface area (Å²) in [5, 5.41) is 22.3. The maximum Gasteiger partial charge on any atom is 0.329 e. The summed E-state index contributed by atoms with van der Waals surface area (Å²) in [5.41, 5.74) is -2.46. The van der Waals surface area contributed by atoms with E-state index in [-0.39, 0.29) is 12.0 Å². The molecule has 0 aliphatic heterocycles. The van der Waals surface area contributed by atoms with Gasteiger partial charge in [0.05, 0.1) is 9.82 Å². The summed E-state index contributed by atoms with van der Waals surface area (Å²) in [6, 6.07) is 2.69. The number of aliphatic carboxylic acids is 1. The molecule has 0 fully saturated rings. The van der Waals surface area contributed by atoms with Gasteiger partial charge in [0, 0.05) is 24.0 Å². The second kappa shape index (κ2) is 6.32. The first-order chi connectivity index (χ1) is 10.4. The topological polar surface area (TPSA) is 144 Å². The number of amides is 1. The second-order valence-electron chi connectivity index (χ2n) is 5.19. The third-order valence-corrected chi connectivity index (χ3v) is 4.45. The zero-order chi connectivity index (χ0) is 18.0. The van der Waals surface area contributed by atoms with Gasteiger partial charge in [-0.05, 0) is 19.4 Å². The molecule has 0 aliphatic carbocycles. The number of hydrogen-bond donors (Lipinski definition) is 2. The smallest absolute Gasteiger partial charge is 0.329 e. The zero-order valence-corrected chi connectivity index (χ0v) is 13.5. The van der Waals surface area contributed by atoms with Crippen LogP contribution >= 0.6 is 0 Å². The van der Waals surface area contributed by atoms with Gasteiger partial charge >= 0.3 is 5.97 Å². The van der Waals surface area contributed by atoms with Crippen LogP contribution in [0.5, 0.6) is 0 Å². The number of carboxylic acids is 1. The van der Waals surface area contributed by atoms with Gasteiger partial charge in [-0.25, -0.2) is 13.2 Å². The average molecular weight is 344 g/mol. The van der Waals surface area contributed by atoms with Crippen LogP contribution in [0.15, 0.2) is 23.1 Å². The number of carbonyl (C=O) groups excluding carboxylic acids is 1. The Morgan fingerprint density at radius 2 is 1.91 bits per heavy atom. The molecule has 0 spiro atoms. The number of nitrogens with one attached hydrogen (secondary N) is 1. The Kier molecular flexibility index (Phi) is 5.10. The fraction of sp³-hybridized carbons (Fsp3) is 0.385. The molecular formula is C13H16N2O7S. The summed E-state index contributed by atoms with van der Waals surface area (Å²) in [6.07, 6.45) is 0.920. The number of carbonyl (C=O) groups is 2. The van der Waals surface area contributed by atoms with Gasteiger partial charge in [0.15, 0.2) is 9.84 Å². The van der Waals surface area contributed by atoms with Crippen molar-refractivity contribution in [2.45, 2.75) is 30.7 Å². The van der Waals surface area contributed by atoms with Gasteiger partial charge in [-0.3, -0.25) is 14.9 Å². The maximum atomic E-state index is 12.2. The molecule has 1 atom stereocenters. The highest BCUT2D eigenvalue weighted by molar-refractivity contribution is 7.90. The van der Waals surface area contributed by atoms with E-state index >= 15 is 0 Å². The molecule has 0 aliphatic rings. The first-order valence-electron chi connectivity index (χ1n) is 6.46. The molecule has 2 N–H and O–H groups in total. The van der Waals surface area contributed by atoms with E-state index in [4.69, 9.17) is 5.11 Å². The monoisotopic (exact) mass is 344 g/mol. The van der Waals surface area contributed by atoms with Gasteiger partial charge in [0.25, 0.3) is 11.6 Å². The molecule has 23 heavy (non-hydrogen) atoms. The molecule has 0 saturated carbocycles. The lowest BCUT2D eigenvalue weighted by atomic mass is 9.98. The molecule has 1 rings (SSSR count). The van der Waals surface area contributed by atoms with Crippen molar-refractivity contribution < 1.29 is 28.0 Å². The summed E-state index contributed by atoms with van der Waals surface area (Å²) in [6.45, 7) is 2.83. The van der Waals surface area contributed by atoms with E-state index in [0.29, 0.717) is 0 Å². The van der Waals surface area contributed by atoms with Crippen molar-refractivity contribution in [2.75, 3.05) is 6.26 Å². The summed E-state index contributed by atoms with van der Waals surface area (Å²) in [4.78, 5) is 33.0. The highest BCUT2D eigenvalue weighted by Gasteiger charge is 2.33. The van der Waals surface area contributed by atoms with Crippen molar-refractivity contribution in [1.82, 2.24) is 5.32 Å². The minimum absolute atomic E-state index is 0.0714. The molecular weight excluding hydrogens is 328 g/mol. The normalized spacial score (nSPS) is 13.9. The van der Waals surface area contributed by atoms with E-state index < -0.39 is 42.8 Å². The Morgan fingerprint density at radius 1 is 1.35 bits per heavy atom. The minimum Gasteiger partial charge on any atom is -0.480 e. The first kappa shape index (κ1) is 18.6. The zero-order valence-electron chi connectivity index (χ0n) is 12.7. The SMILES string of the molecule is CCC(C)(NC(=O)c1cc([N+](=O)[O-])cc(S(C)(=O)=O)c1)C(=O)O. The lowest BCUT2D eigenvalue weighted by Gasteiger charge is -2.24. The molecule has 0 radical (unpaired) electrons. The molecule has 10 heteroatoms. The Bertz CT molecular complexity index is 773. The van der Waals surface area contributed by atoms with Crippen molar-refractivity contribution in [3.05, 3.63) is 33.9 Å². The summed E-state index contributed by atoms with van der Waals surface area (Å²) in [7, 11) is -3.78. The lowest BCUT2D eigenvalue weighted by Crippen LogP contribution is -2.51. The molecule has 1 amide bonds. The van der Waals surface area contributed by atoms with E-state index in [9.17, 15) is 28.1 Å². The number of carboxylic acid groups (broad SMARTS) is 1. The Hall–Kier alpha value is -2.49. The molecule has 1 aromatic rings. The fourth-order valence-corrected chi connectivity index (χ4v) is 2.33. The number of sulfone groups is 1. The highest BCUT2D eigenvalue weighted by Crippen LogP contribution is 2.22. The van der Waals surface area contributed by atoms with Crippen molar-refractivity contribution >= 4 is 27.4 Å². The molecule has 0 heterocycles. The largest absolute Gasteiger partial charge is 0.480 e. The number of nitrogens with zero attached hydrogens (tertiary/aromatic N) is 1. The summed E-state index contributed by atoms with van der Waals surface area (Å²) in [5.74, 6) is -2.19. The molecule has 0 saturated heterocycles. The standard InChI is InChI=1S/C13H16N2O7S/c1-4-13(2,12(17)18)14-11(16)8-5-9(15(19)20)7-10(6-8)23(3,21)22/h5-7H,4H2,1-3H3,(H,14,16)(H,17,18). The van der Waals surface area contributed by atoms with Crippen molar-refractivity contribution in [3.63, 3.8) is 0 Å². The van der Waals surface area contributed by atoms with Crippen LogP contribution in [-0.2, 0) is 14.6 Å². The minimum atomic E-state index is -3.78. The highest BCUT2D eigenvalue weighted by atomic mass is 32.2. The Labute approximate surface area is 132 Å². The Morgan fingerprint density at radius 3 is 2.30 bits per heavy atom. The van der Waals surface area contributed by atoms with Crippen LogP contribution in [0.2, 0.25) is 0 Å². The molecule has 0 aromatic heterocycles. The van der Waals surface area contributed by atoms with Gasteiger partial charge < -0.3 is 10.4 Å². The van der Waals surface area contributed by atoms with Crippen LogP contribution in [0.1, 0.15) is 30.6 Å². The van der Waals surface area contributed by atoms with Crippen molar-refractivity contribution in [2.24, 2.45) is 0 Å². The average Bonchev–Trinajstić information content (AvgIpc) is 2.45. The van der Waals surface area contributed by atoms with Crippen LogP contribution < -0.4 is 5.32 Å². The Balaban J connectivity index is 3.37. The van der Waals surface area contributed by atoms with E-state index in [1.165, 1.54) is 6.92 Å². The molecule has 9 nitrogen and oxygen atoms in total. The van der Waals surface area contributed by atoms with E-state index in [0.717, 1.165) is 24.5 Å². The maximum absolute atomic E-state index is 12.2. The van der Waals surface area contributed by atoms with Gasteiger partial charge in [0.1, 0.15) is 5.54 Å². The third kappa shape index (κ3) is 4.25. The number of nitro groups is 1. The van der Waals surface area contributed by atoms with Gasteiger partial charge in [0.2, 0.25) is 0 Å². The third-order valence-electron chi connectivity index (χ3n) is 3.36. The van der Waals surface area contributed by atoms with Crippen LogP contribution in [0, 0.1) is 10.1 Å². The fourth-order valence-electron chi connectivity index (χ4n) is 1.65. The number of nitro benzene ring substituents is 1.